The second-order valence-electron chi connectivity index (χ2n) is 4.38. The van der Waals surface area contributed by atoms with Gasteiger partial charge in [-0.3, -0.25) is 9.00 Å². The summed E-state index contributed by atoms with van der Waals surface area (Å²) < 4.78 is 11.0. The van der Waals surface area contributed by atoms with Gasteiger partial charge in [-0.25, -0.2) is 0 Å². The molecule has 2 N–H and O–H groups in total. The van der Waals surface area contributed by atoms with Crippen LogP contribution in [0.25, 0.3) is 0 Å². The van der Waals surface area contributed by atoms with Crippen molar-refractivity contribution < 1.29 is 14.1 Å². The molecule has 0 aliphatic carbocycles. The van der Waals surface area contributed by atoms with Crippen molar-refractivity contribution in [3.05, 3.63) is 21.9 Å². The van der Waals surface area contributed by atoms with Crippen LogP contribution in [0.4, 0.5) is 0 Å². The summed E-state index contributed by atoms with van der Waals surface area (Å²) in [5.41, 5.74) is 0.687. The molecule has 1 heterocycles. The van der Waals surface area contributed by atoms with E-state index < -0.39 is 10.8 Å². The fourth-order valence-electron chi connectivity index (χ4n) is 1.50. The summed E-state index contributed by atoms with van der Waals surface area (Å²) in [6.07, 6.45) is 2.74. The monoisotopic (exact) mass is 313 g/mol. The molecule has 0 bridgehead atoms. The Morgan fingerprint density at radius 3 is 3.00 bits per heavy atom. The van der Waals surface area contributed by atoms with Crippen LogP contribution in [0.3, 0.4) is 0 Å². The Bertz CT molecular complexity index is 528. The Labute approximate surface area is 126 Å². The molecule has 4 nitrogen and oxygen atoms in total. The van der Waals surface area contributed by atoms with E-state index in [0.717, 1.165) is 0 Å². The Kier molecular flexibility index (Phi) is 7.52. The molecule has 0 aliphatic heterocycles. The SMILES string of the molecule is CC(CCS(C)=O)NC(=O)c1sccc1C#CCCO. The quantitative estimate of drug-likeness (QED) is 0.780. The summed E-state index contributed by atoms with van der Waals surface area (Å²) in [6, 6.07) is 1.78. The Hall–Kier alpha value is -1.16. The highest BCUT2D eigenvalue weighted by atomic mass is 32.2. The van der Waals surface area contributed by atoms with Crippen LogP contribution < -0.4 is 5.32 Å². The topological polar surface area (TPSA) is 66.4 Å². The molecule has 0 aromatic carbocycles. The fraction of sp³-hybridized carbons (Fsp3) is 0.500. The number of hydrogen-bond donors (Lipinski definition) is 2. The highest BCUT2D eigenvalue weighted by Gasteiger charge is 2.14. The number of carbonyl (C=O) groups is 1. The van der Waals surface area contributed by atoms with E-state index in [-0.39, 0.29) is 18.6 Å². The van der Waals surface area contributed by atoms with Crippen molar-refractivity contribution in [1.29, 1.82) is 0 Å². The molecule has 1 aromatic heterocycles. The summed E-state index contributed by atoms with van der Waals surface area (Å²) in [6.45, 7) is 1.92. The van der Waals surface area contributed by atoms with Gasteiger partial charge in [0.1, 0.15) is 4.88 Å². The maximum absolute atomic E-state index is 12.1. The molecule has 0 fully saturated rings. The minimum atomic E-state index is -0.842. The van der Waals surface area contributed by atoms with Gasteiger partial charge in [-0.1, -0.05) is 11.8 Å². The van der Waals surface area contributed by atoms with Gasteiger partial charge in [0.15, 0.2) is 0 Å². The van der Waals surface area contributed by atoms with E-state index in [4.69, 9.17) is 5.11 Å². The molecule has 20 heavy (non-hydrogen) atoms. The van der Waals surface area contributed by atoms with Crippen molar-refractivity contribution in [2.75, 3.05) is 18.6 Å². The standard InChI is InChI=1S/C14H19NO3S2/c1-11(7-10-20(2)18)15-14(17)13-12(6-9-19-13)5-3-4-8-16/h6,9,11,16H,4,7-8,10H2,1-2H3,(H,15,17). The number of thiophene rings is 1. The van der Waals surface area contributed by atoms with Gasteiger partial charge in [0.05, 0.1) is 6.61 Å². The van der Waals surface area contributed by atoms with E-state index in [9.17, 15) is 9.00 Å². The van der Waals surface area contributed by atoms with Crippen LogP contribution in [-0.2, 0) is 10.8 Å². The third-order valence-electron chi connectivity index (χ3n) is 2.55. The predicted octanol–water partition coefficient (Wildman–Crippen LogP) is 1.37. The van der Waals surface area contributed by atoms with Gasteiger partial charge in [-0.15, -0.1) is 11.3 Å². The molecule has 0 aliphatic rings. The van der Waals surface area contributed by atoms with Crippen LogP contribution in [0.1, 0.15) is 35.0 Å². The molecule has 0 spiro atoms. The highest BCUT2D eigenvalue weighted by molar-refractivity contribution is 7.84. The van der Waals surface area contributed by atoms with Crippen LogP contribution in [0.2, 0.25) is 0 Å². The normalized spacial score (nSPS) is 13.2. The number of nitrogens with one attached hydrogen (secondary N) is 1. The van der Waals surface area contributed by atoms with E-state index in [0.29, 0.717) is 29.0 Å². The van der Waals surface area contributed by atoms with Gasteiger partial charge in [-0.2, -0.15) is 0 Å². The number of aliphatic hydroxyl groups is 1. The van der Waals surface area contributed by atoms with E-state index in [1.807, 2.05) is 12.3 Å². The minimum absolute atomic E-state index is 0.0177. The lowest BCUT2D eigenvalue weighted by Gasteiger charge is -2.12. The van der Waals surface area contributed by atoms with E-state index in [1.54, 1.807) is 12.3 Å². The Balaban J connectivity index is 2.62. The van der Waals surface area contributed by atoms with Crippen molar-refractivity contribution in [2.24, 2.45) is 0 Å². The van der Waals surface area contributed by atoms with Gasteiger partial charge >= 0.3 is 0 Å². The van der Waals surface area contributed by atoms with E-state index >= 15 is 0 Å². The molecule has 1 amide bonds. The zero-order chi connectivity index (χ0) is 15.0. The third-order valence-corrected chi connectivity index (χ3v) is 4.27. The summed E-state index contributed by atoms with van der Waals surface area (Å²) in [5, 5.41) is 13.4. The van der Waals surface area contributed by atoms with Gasteiger partial charge in [0.25, 0.3) is 5.91 Å². The number of carbonyl (C=O) groups excluding carboxylic acids is 1. The summed E-state index contributed by atoms with van der Waals surface area (Å²) >= 11 is 1.35. The second-order valence-corrected chi connectivity index (χ2v) is 6.85. The number of hydrogen-bond acceptors (Lipinski definition) is 4. The number of aliphatic hydroxyl groups excluding tert-OH is 1. The van der Waals surface area contributed by atoms with Crippen molar-refractivity contribution in [1.82, 2.24) is 5.32 Å². The first-order valence-electron chi connectivity index (χ1n) is 6.32. The van der Waals surface area contributed by atoms with Crippen LogP contribution in [-0.4, -0.2) is 39.9 Å². The molecule has 0 saturated heterocycles. The summed E-state index contributed by atoms with van der Waals surface area (Å²) in [7, 11) is -0.842. The maximum Gasteiger partial charge on any atom is 0.262 e. The summed E-state index contributed by atoms with van der Waals surface area (Å²) in [4.78, 5) is 12.7. The second kappa shape index (κ2) is 8.90. The smallest absolute Gasteiger partial charge is 0.262 e. The van der Waals surface area contributed by atoms with Crippen LogP contribution in [0.15, 0.2) is 11.4 Å². The zero-order valence-corrected chi connectivity index (χ0v) is 13.3. The molecule has 110 valence electrons. The molecule has 1 rings (SSSR count). The molecule has 0 saturated carbocycles. The lowest BCUT2D eigenvalue weighted by atomic mass is 10.2. The largest absolute Gasteiger partial charge is 0.395 e. The fourth-order valence-corrected chi connectivity index (χ4v) is 2.94. The number of amides is 1. The lowest BCUT2D eigenvalue weighted by molar-refractivity contribution is 0.0943. The molecular formula is C14H19NO3S2. The van der Waals surface area contributed by atoms with Crippen molar-refractivity contribution in [3.63, 3.8) is 0 Å². The molecular weight excluding hydrogens is 294 g/mol. The van der Waals surface area contributed by atoms with E-state index in [2.05, 4.69) is 17.2 Å². The Morgan fingerprint density at radius 2 is 2.35 bits per heavy atom. The average molecular weight is 313 g/mol. The maximum atomic E-state index is 12.1. The van der Waals surface area contributed by atoms with Crippen LogP contribution in [0.5, 0.6) is 0 Å². The van der Waals surface area contributed by atoms with Crippen LogP contribution >= 0.6 is 11.3 Å². The van der Waals surface area contributed by atoms with Gasteiger partial charge < -0.3 is 10.4 Å². The molecule has 2 atom stereocenters. The highest BCUT2D eigenvalue weighted by Crippen LogP contribution is 2.16. The third kappa shape index (κ3) is 5.87. The first kappa shape index (κ1) is 16.9. The van der Waals surface area contributed by atoms with Crippen molar-refractivity contribution in [3.8, 4) is 11.8 Å². The van der Waals surface area contributed by atoms with Crippen molar-refractivity contribution >= 4 is 28.0 Å². The molecule has 2 unspecified atom stereocenters. The van der Waals surface area contributed by atoms with Gasteiger partial charge in [0, 0.05) is 40.8 Å². The number of rotatable bonds is 6. The minimum Gasteiger partial charge on any atom is -0.395 e. The predicted molar refractivity (Wildman–Crippen MR) is 83.4 cm³/mol. The first-order chi connectivity index (χ1) is 9.54. The van der Waals surface area contributed by atoms with Gasteiger partial charge in [0.2, 0.25) is 0 Å². The zero-order valence-electron chi connectivity index (χ0n) is 11.6. The molecule has 0 radical (unpaired) electrons. The molecule has 1 aromatic rings. The average Bonchev–Trinajstić information content (AvgIpc) is 2.85. The summed E-state index contributed by atoms with van der Waals surface area (Å²) in [5.74, 6) is 6.13. The van der Waals surface area contributed by atoms with Crippen LogP contribution in [0, 0.1) is 11.8 Å². The Morgan fingerprint density at radius 1 is 1.60 bits per heavy atom. The lowest BCUT2D eigenvalue weighted by Crippen LogP contribution is -2.33. The molecule has 6 heteroatoms. The van der Waals surface area contributed by atoms with Gasteiger partial charge in [-0.05, 0) is 24.8 Å². The van der Waals surface area contributed by atoms with Crippen molar-refractivity contribution in [2.45, 2.75) is 25.8 Å². The van der Waals surface area contributed by atoms with E-state index in [1.165, 1.54) is 11.3 Å². The first-order valence-corrected chi connectivity index (χ1v) is 8.93.